The summed E-state index contributed by atoms with van der Waals surface area (Å²) in [7, 11) is 0. The van der Waals surface area contributed by atoms with Crippen molar-refractivity contribution in [2.45, 2.75) is 57.6 Å². The van der Waals surface area contributed by atoms with Gasteiger partial charge in [-0.05, 0) is 19.4 Å². The molecular formula is C18H26N6O4. The molecule has 10 nitrogen and oxygen atoms in total. The lowest BCUT2D eigenvalue weighted by molar-refractivity contribution is -0.137. The normalized spacial score (nSPS) is 25.0. The molecule has 0 aliphatic carbocycles. The molecule has 28 heavy (non-hydrogen) atoms. The maximum Gasteiger partial charge on any atom is 0.252 e. The number of amides is 1. The molecule has 4 atom stereocenters. The Kier molecular flexibility index (Phi) is 6.22. The molecule has 2 aromatic heterocycles. The number of aliphatic hydroxyl groups is 2. The van der Waals surface area contributed by atoms with E-state index in [-0.39, 0.29) is 5.82 Å². The van der Waals surface area contributed by atoms with Crippen molar-refractivity contribution in [3.8, 4) is 0 Å². The Bertz CT molecular complexity index is 867. The zero-order valence-electron chi connectivity index (χ0n) is 15.9. The third kappa shape index (κ3) is 3.84. The number of nitrogen functional groups attached to an aromatic ring is 1. The maximum absolute atomic E-state index is 12.1. The number of allylic oxidation sites excluding steroid dienone is 1. The van der Waals surface area contributed by atoms with Crippen LogP contribution in [0.5, 0.6) is 0 Å². The lowest BCUT2D eigenvalue weighted by atomic mass is 10.1. The van der Waals surface area contributed by atoms with Crippen molar-refractivity contribution in [1.82, 2.24) is 24.8 Å². The first-order chi connectivity index (χ1) is 13.5. The summed E-state index contributed by atoms with van der Waals surface area (Å²) in [5, 5.41) is 23.2. The number of carbonyl (C=O) groups excluding carboxylic acids is 1. The number of ether oxygens (including phenoxy) is 1. The fourth-order valence-electron chi connectivity index (χ4n) is 3.11. The number of hydrogen-bond acceptors (Lipinski definition) is 8. The summed E-state index contributed by atoms with van der Waals surface area (Å²) >= 11 is 0. The van der Waals surface area contributed by atoms with Gasteiger partial charge in [0, 0.05) is 6.54 Å². The number of unbranched alkanes of at least 4 members (excludes halogenated alkanes) is 2. The van der Waals surface area contributed by atoms with E-state index in [2.05, 4.69) is 27.2 Å². The first-order valence-electron chi connectivity index (χ1n) is 9.43. The molecule has 0 radical (unpaired) electrons. The highest BCUT2D eigenvalue weighted by Gasteiger charge is 2.47. The van der Waals surface area contributed by atoms with E-state index in [1.54, 1.807) is 13.0 Å². The van der Waals surface area contributed by atoms with E-state index in [1.165, 1.54) is 10.9 Å². The smallest absolute Gasteiger partial charge is 0.252 e. The van der Waals surface area contributed by atoms with Crippen LogP contribution in [0, 0.1) is 0 Å². The SMILES string of the molecule is CCCC/C=C\c1nc(N)c2ncn(C3O[C@H](C(=O)NCC)[C@@H](O)[C@H]3O)c2n1. The third-order valence-electron chi connectivity index (χ3n) is 4.58. The van der Waals surface area contributed by atoms with Crippen LogP contribution in [-0.4, -0.2) is 60.5 Å². The zero-order chi connectivity index (χ0) is 20.3. The van der Waals surface area contributed by atoms with Crippen molar-refractivity contribution in [3.05, 3.63) is 18.2 Å². The molecule has 5 N–H and O–H groups in total. The lowest BCUT2D eigenvalue weighted by Crippen LogP contribution is -2.42. The van der Waals surface area contributed by atoms with Gasteiger partial charge >= 0.3 is 0 Å². The number of likely N-dealkylation sites (N-methyl/N-ethyl adjacent to an activating group) is 1. The first-order valence-corrected chi connectivity index (χ1v) is 9.43. The second-order valence-electron chi connectivity index (χ2n) is 6.66. The van der Waals surface area contributed by atoms with E-state index in [4.69, 9.17) is 10.5 Å². The molecule has 1 aliphatic rings. The van der Waals surface area contributed by atoms with Gasteiger partial charge in [0.1, 0.15) is 17.7 Å². The summed E-state index contributed by atoms with van der Waals surface area (Å²) in [6.45, 7) is 4.26. The topological polar surface area (TPSA) is 148 Å². The highest BCUT2D eigenvalue weighted by molar-refractivity contribution is 5.83. The molecule has 1 amide bonds. The van der Waals surface area contributed by atoms with E-state index in [0.29, 0.717) is 23.5 Å². The largest absolute Gasteiger partial charge is 0.387 e. The van der Waals surface area contributed by atoms with Crippen LogP contribution >= 0.6 is 0 Å². The van der Waals surface area contributed by atoms with Crippen molar-refractivity contribution in [1.29, 1.82) is 0 Å². The number of nitrogens with two attached hydrogens (primary N) is 1. The number of rotatable bonds is 7. The first kappa shape index (κ1) is 20.2. The van der Waals surface area contributed by atoms with E-state index in [0.717, 1.165) is 19.3 Å². The van der Waals surface area contributed by atoms with E-state index < -0.39 is 30.4 Å². The molecule has 1 aliphatic heterocycles. The van der Waals surface area contributed by atoms with Gasteiger partial charge in [0.05, 0.1) is 6.33 Å². The molecule has 0 aromatic carbocycles. The standard InChI is InChI=1S/C18H26N6O4/c1-3-5-6-7-8-10-22-15(19)11-16(23-10)24(9-21-11)18-13(26)12(25)14(28-18)17(27)20-4-2/h7-9,12-14,18,25-26H,3-6H2,1-2H3,(H,20,27)(H2,19,22,23)/b8-7-/t12-,13+,14-,18?/m0/s1. The van der Waals surface area contributed by atoms with Crippen molar-refractivity contribution in [2.24, 2.45) is 0 Å². The molecule has 3 rings (SSSR count). The number of aromatic nitrogens is 4. The summed E-state index contributed by atoms with van der Waals surface area (Å²) in [6.07, 6.45) is 3.29. The van der Waals surface area contributed by atoms with Gasteiger partial charge in [-0.3, -0.25) is 9.36 Å². The fourth-order valence-corrected chi connectivity index (χ4v) is 3.11. The predicted molar refractivity (Wildman–Crippen MR) is 103 cm³/mol. The van der Waals surface area contributed by atoms with E-state index in [1.807, 2.05) is 6.08 Å². The lowest BCUT2D eigenvalue weighted by Gasteiger charge is -2.16. The van der Waals surface area contributed by atoms with Crippen LogP contribution in [0.4, 0.5) is 5.82 Å². The molecule has 0 saturated carbocycles. The molecule has 152 valence electrons. The molecule has 0 bridgehead atoms. The highest BCUT2D eigenvalue weighted by atomic mass is 16.6. The minimum Gasteiger partial charge on any atom is -0.387 e. The van der Waals surface area contributed by atoms with Gasteiger partial charge in [-0.2, -0.15) is 0 Å². The van der Waals surface area contributed by atoms with Gasteiger partial charge in [-0.1, -0.05) is 25.8 Å². The van der Waals surface area contributed by atoms with Gasteiger partial charge in [0.25, 0.3) is 5.91 Å². The molecular weight excluding hydrogens is 364 g/mol. The molecule has 0 spiro atoms. The van der Waals surface area contributed by atoms with E-state index >= 15 is 0 Å². The Hall–Kier alpha value is -2.56. The quantitative estimate of drug-likeness (QED) is 0.496. The number of anilines is 1. The molecule has 3 heterocycles. The number of fused-ring (bicyclic) bond motifs is 1. The van der Waals surface area contributed by atoms with Crippen LogP contribution in [0.25, 0.3) is 17.2 Å². The van der Waals surface area contributed by atoms with Gasteiger partial charge in [-0.15, -0.1) is 0 Å². The van der Waals surface area contributed by atoms with Gasteiger partial charge < -0.3 is 26.0 Å². The Morgan fingerprint density at radius 1 is 1.36 bits per heavy atom. The summed E-state index contributed by atoms with van der Waals surface area (Å²) in [5.74, 6) is 0.123. The average molecular weight is 390 g/mol. The van der Waals surface area contributed by atoms with E-state index in [9.17, 15) is 15.0 Å². The highest BCUT2D eigenvalue weighted by Crippen LogP contribution is 2.32. The van der Waals surface area contributed by atoms with Crippen molar-refractivity contribution in [2.75, 3.05) is 12.3 Å². The van der Waals surface area contributed by atoms with Crippen LogP contribution in [0.2, 0.25) is 0 Å². The number of carbonyl (C=O) groups is 1. The van der Waals surface area contributed by atoms with Crippen molar-refractivity contribution in [3.63, 3.8) is 0 Å². The maximum atomic E-state index is 12.1. The van der Waals surface area contributed by atoms with Crippen molar-refractivity contribution >= 4 is 29.0 Å². The summed E-state index contributed by atoms with van der Waals surface area (Å²) < 4.78 is 7.10. The Morgan fingerprint density at radius 3 is 2.86 bits per heavy atom. The number of nitrogens with zero attached hydrogens (tertiary/aromatic N) is 4. The molecule has 1 saturated heterocycles. The van der Waals surface area contributed by atoms with Gasteiger partial charge in [0.2, 0.25) is 0 Å². The molecule has 1 fully saturated rings. The summed E-state index contributed by atoms with van der Waals surface area (Å²) in [4.78, 5) is 24.9. The molecule has 2 aromatic rings. The Balaban J connectivity index is 1.91. The Morgan fingerprint density at radius 2 is 2.14 bits per heavy atom. The zero-order valence-corrected chi connectivity index (χ0v) is 15.9. The second kappa shape index (κ2) is 8.63. The average Bonchev–Trinajstić information content (AvgIpc) is 3.21. The van der Waals surface area contributed by atoms with Crippen molar-refractivity contribution < 1.29 is 19.7 Å². The number of hydrogen-bond donors (Lipinski definition) is 4. The number of imidazole rings is 1. The number of aliphatic hydroxyl groups excluding tert-OH is 2. The second-order valence-corrected chi connectivity index (χ2v) is 6.66. The van der Waals surface area contributed by atoms with Crippen LogP contribution in [0.3, 0.4) is 0 Å². The summed E-state index contributed by atoms with van der Waals surface area (Å²) in [6, 6.07) is 0. The number of nitrogens with one attached hydrogen (secondary N) is 1. The minimum atomic E-state index is -1.37. The summed E-state index contributed by atoms with van der Waals surface area (Å²) in [5.41, 5.74) is 6.71. The third-order valence-corrected chi connectivity index (χ3v) is 4.58. The van der Waals surface area contributed by atoms with Gasteiger partial charge in [-0.25, -0.2) is 15.0 Å². The van der Waals surface area contributed by atoms with Crippen LogP contribution in [0.1, 0.15) is 45.2 Å². The van der Waals surface area contributed by atoms with Crippen LogP contribution in [-0.2, 0) is 9.53 Å². The fraction of sp³-hybridized carbons (Fsp3) is 0.556. The predicted octanol–water partition coefficient (Wildman–Crippen LogP) is 0.367. The minimum absolute atomic E-state index is 0.201. The Labute approximate surface area is 162 Å². The molecule has 1 unspecified atom stereocenters. The van der Waals surface area contributed by atoms with Gasteiger partial charge in [0.15, 0.2) is 29.6 Å². The monoisotopic (exact) mass is 390 g/mol. The van der Waals surface area contributed by atoms with Crippen LogP contribution in [0.15, 0.2) is 12.4 Å². The molecule has 10 heteroatoms. The van der Waals surface area contributed by atoms with Crippen LogP contribution < -0.4 is 11.1 Å².